The van der Waals surface area contributed by atoms with Crippen molar-refractivity contribution in [2.45, 2.75) is 12.8 Å². The van der Waals surface area contributed by atoms with Gasteiger partial charge < -0.3 is 4.74 Å². The fourth-order valence-corrected chi connectivity index (χ4v) is 2.69. The van der Waals surface area contributed by atoms with Gasteiger partial charge in [-0.2, -0.15) is 5.26 Å². The highest BCUT2D eigenvalue weighted by atomic mass is 16.5. The predicted octanol–water partition coefficient (Wildman–Crippen LogP) is 3.31. The van der Waals surface area contributed by atoms with Crippen LogP contribution in [0.25, 0.3) is 11.1 Å². The Balaban J connectivity index is 1.43. The molecule has 0 saturated carbocycles. The molecule has 26 heavy (non-hydrogen) atoms. The average Bonchev–Trinajstić information content (AvgIpc) is 3.00. The molecule has 0 radical (unpaired) electrons. The Morgan fingerprint density at radius 1 is 0.846 bits per heavy atom. The smallest absolute Gasteiger partial charge is 0.253 e. The quantitative estimate of drug-likeness (QED) is 0.570. The summed E-state index contributed by atoms with van der Waals surface area (Å²) in [5.74, 6) is 0.293. The molecule has 2 amide bonds. The molecular weight excluding hydrogens is 328 g/mol. The van der Waals surface area contributed by atoms with Crippen molar-refractivity contribution in [1.29, 1.82) is 5.26 Å². The maximum absolute atomic E-state index is 11.4. The largest absolute Gasteiger partial charge is 0.494 e. The van der Waals surface area contributed by atoms with Gasteiger partial charge in [-0.3, -0.25) is 14.5 Å². The highest BCUT2D eigenvalue weighted by molar-refractivity contribution is 6.12. The van der Waals surface area contributed by atoms with E-state index in [0.29, 0.717) is 25.1 Å². The van der Waals surface area contributed by atoms with Crippen LogP contribution in [0.15, 0.2) is 60.7 Å². The fraction of sp³-hybridized carbons (Fsp3) is 0.190. The minimum atomic E-state index is -0.241. The van der Waals surface area contributed by atoms with Gasteiger partial charge in [-0.05, 0) is 48.2 Å². The second-order valence-electron chi connectivity index (χ2n) is 5.93. The predicted molar refractivity (Wildman–Crippen MR) is 97.2 cm³/mol. The minimum absolute atomic E-state index is 0.241. The van der Waals surface area contributed by atoms with E-state index in [1.807, 2.05) is 36.4 Å². The molecule has 2 aromatic carbocycles. The van der Waals surface area contributed by atoms with E-state index in [2.05, 4.69) is 6.07 Å². The third-order valence-electron chi connectivity index (χ3n) is 4.15. The Bertz CT molecular complexity index is 844. The molecule has 1 aliphatic heterocycles. The molecule has 0 bridgehead atoms. The molecule has 0 aromatic heterocycles. The number of benzene rings is 2. The lowest BCUT2D eigenvalue weighted by atomic mass is 10.0. The van der Waals surface area contributed by atoms with Gasteiger partial charge in [0.25, 0.3) is 11.8 Å². The standard InChI is InChI=1S/C21H18N2O3/c22-15-16-3-5-17(6-4-16)18-7-9-19(10-8-18)26-14-2-1-13-23-20(24)11-12-21(23)25/h3-12H,1-2,13-14H2. The SMILES string of the molecule is N#Cc1ccc(-c2ccc(OCCCCN3C(=O)C=CC3=O)cc2)cc1. The lowest BCUT2D eigenvalue weighted by Gasteiger charge is -2.13. The number of hydrogen-bond donors (Lipinski definition) is 0. The highest BCUT2D eigenvalue weighted by Crippen LogP contribution is 2.23. The summed E-state index contributed by atoms with van der Waals surface area (Å²) in [5, 5.41) is 8.84. The zero-order valence-electron chi connectivity index (χ0n) is 14.2. The maximum atomic E-state index is 11.4. The third-order valence-corrected chi connectivity index (χ3v) is 4.15. The first-order chi connectivity index (χ1) is 12.7. The molecule has 130 valence electrons. The summed E-state index contributed by atoms with van der Waals surface area (Å²) in [4.78, 5) is 24.1. The van der Waals surface area contributed by atoms with Crippen molar-refractivity contribution in [3.8, 4) is 22.9 Å². The summed E-state index contributed by atoms with van der Waals surface area (Å²) < 4.78 is 5.70. The Morgan fingerprint density at radius 2 is 1.42 bits per heavy atom. The number of hydrogen-bond acceptors (Lipinski definition) is 4. The number of nitrogens with zero attached hydrogens (tertiary/aromatic N) is 2. The van der Waals surface area contributed by atoms with Crippen molar-refractivity contribution >= 4 is 11.8 Å². The fourth-order valence-electron chi connectivity index (χ4n) is 2.69. The van der Waals surface area contributed by atoms with Gasteiger partial charge in [-0.1, -0.05) is 24.3 Å². The van der Waals surface area contributed by atoms with Gasteiger partial charge in [0, 0.05) is 18.7 Å². The second kappa shape index (κ2) is 8.13. The first kappa shape index (κ1) is 17.4. The van der Waals surface area contributed by atoms with Crippen LogP contribution >= 0.6 is 0 Å². The van der Waals surface area contributed by atoms with Crippen molar-refractivity contribution in [1.82, 2.24) is 4.90 Å². The molecule has 0 fully saturated rings. The number of unbranched alkanes of at least 4 members (excludes halogenated alkanes) is 1. The molecule has 5 nitrogen and oxygen atoms in total. The van der Waals surface area contributed by atoms with Crippen LogP contribution in [0.1, 0.15) is 18.4 Å². The average molecular weight is 346 g/mol. The summed E-state index contributed by atoms with van der Waals surface area (Å²) in [6.45, 7) is 0.950. The van der Waals surface area contributed by atoms with E-state index in [0.717, 1.165) is 23.3 Å². The zero-order chi connectivity index (χ0) is 18.4. The Morgan fingerprint density at radius 3 is 2.00 bits per heavy atom. The lowest BCUT2D eigenvalue weighted by Crippen LogP contribution is -2.31. The molecule has 0 saturated heterocycles. The maximum Gasteiger partial charge on any atom is 0.253 e. The highest BCUT2D eigenvalue weighted by Gasteiger charge is 2.22. The van der Waals surface area contributed by atoms with Crippen molar-refractivity contribution < 1.29 is 14.3 Å². The molecule has 0 unspecified atom stereocenters. The Hall–Kier alpha value is -3.39. The summed E-state index contributed by atoms with van der Waals surface area (Å²) in [7, 11) is 0. The van der Waals surface area contributed by atoms with Crippen molar-refractivity contribution in [3.63, 3.8) is 0 Å². The van der Waals surface area contributed by atoms with E-state index in [9.17, 15) is 9.59 Å². The van der Waals surface area contributed by atoms with Crippen LogP contribution < -0.4 is 4.74 Å². The van der Waals surface area contributed by atoms with Gasteiger partial charge >= 0.3 is 0 Å². The van der Waals surface area contributed by atoms with Crippen LogP contribution in [0, 0.1) is 11.3 Å². The number of ether oxygens (including phenoxy) is 1. The number of amides is 2. The number of imide groups is 1. The van der Waals surface area contributed by atoms with Crippen molar-refractivity contribution in [2.75, 3.05) is 13.2 Å². The molecule has 0 N–H and O–H groups in total. The molecule has 1 heterocycles. The van der Waals surface area contributed by atoms with Crippen LogP contribution in [0.2, 0.25) is 0 Å². The number of rotatable bonds is 7. The first-order valence-corrected chi connectivity index (χ1v) is 8.44. The summed E-state index contributed by atoms with van der Waals surface area (Å²) in [6, 6.07) is 17.3. The van der Waals surface area contributed by atoms with Crippen molar-refractivity contribution in [3.05, 3.63) is 66.2 Å². The van der Waals surface area contributed by atoms with E-state index < -0.39 is 0 Å². The summed E-state index contributed by atoms with van der Waals surface area (Å²) >= 11 is 0. The number of carbonyl (C=O) groups excluding carboxylic acids is 2. The monoisotopic (exact) mass is 346 g/mol. The molecule has 1 aliphatic rings. The topological polar surface area (TPSA) is 70.4 Å². The van der Waals surface area contributed by atoms with Crippen LogP contribution in [0.4, 0.5) is 0 Å². The van der Waals surface area contributed by atoms with E-state index >= 15 is 0 Å². The van der Waals surface area contributed by atoms with Gasteiger partial charge in [-0.25, -0.2) is 0 Å². The molecule has 0 atom stereocenters. The zero-order valence-corrected chi connectivity index (χ0v) is 14.2. The van der Waals surface area contributed by atoms with Crippen LogP contribution in [-0.2, 0) is 9.59 Å². The van der Waals surface area contributed by atoms with E-state index in [1.165, 1.54) is 17.1 Å². The Kier molecular flexibility index (Phi) is 5.45. The molecular formula is C21H18N2O3. The Labute approximate surface area is 152 Å². The molecule has 3 rings (SSSR count). The van der Waals surface area contributed by atoms with Crippen LogP contribution in [0.5, 0.6) is 5.75 Å². The lowest BCUT2D eigenvalue weighted by molar-refractivity contribution is -0.136. The first-order valence-electron chi connectivity index (χ1n) is 8.44. The van der Waals surface area contributed by atoms with Gasteiger partial charge in [-0.15, -0.1) is 0 Å². The number of carbonyl (C=O) groups is 2. The van der Waals surface area contributed by atoms with Gasteiger partial charge in [0.2, 0.25) is 0 Å². The van der Waals surface area contributed by atoms with E-state index in [4.69, 9.17) is 10.00 Å². The normalized spacial score (nSPS) is 13.1. The van der Waals surface area contributed by atoms with E-state index in [-0.39, 0.29) is 11.8 Å². The molecule has 5 heteroatoms. The molecule has 2 aromatic rings. The van der Waals surface area contributed by atoms with Crippen LogP contribution in [-0.4, -0.2) is 29.9 Å². The van der Waals surface area contributed by atoms with Gasteiger partial charge in [0.05, 0.1) is 18.2 Å². The van der Waals surface area contributed by atoms with Crippen molar-refractivity contribution in [2.24, 2.45) is 0 Å². The third kappa shape index (κ3) is 4.17. The minimum Gasteiger partial charge on any atom is -0.494 e. The van der Waals surface area contributed by atoms with E-state index in [1.54, 1.807) is 12.1 Å². The van der Waals surface area contributed by atoms with Gasteiger partial charge in [0.1, 0.15) is 5.75 Å². The van der Waals surface area contributed by atoms with Crippen LogP contribution in [0.3, 0.4) is 0 Å². The molecule has 0 aliphatic carbocycles. The second-order valence-corrected chi connectivity index (χ2v) is 5.93. The molecule has 0 spiro atoms. The summed E-state index contributed by atoms with van der Waals surface area (Å²) in [5.41, 5.74) is 2.74. The van der Waals surface area contributed by atoms with Gasteiger partial charge in [0.15, 0.2) is 0 Å². The summed E-state index contributed by atoms with van der Waals surface area (Å²) in [6.07, 6.45) is 4.07. The number of nitriles is 1.